The van der Waals surface area contributed by atoms with Gasteiger partial charge in [-0.15, -0.1) is 0 Å². The number of rotatable bonds is 3. The summed E-state index contributed by atoms with van der Waals surface area (Å²) in [6.07, 6.45) is 7.49. The van der Waals surface area contributed by atoms with Crippen molar-refractivity contribution >= 4 is 11.5 Å². The van der Waals surface area contributed by atoms with Crippen molar-refractivity contribution in [3.63, 3.8) is 0 Å². The molecule has 1 aliphatic carbocycles. The van der Waals surface area contributed by atoms with E-state index in [1.807, 2.05) is 19.1 Å². The van der Waals surface area contributed by atoms with Crippen molar-refractivity contribution < 1.29 is 4.79 Å². The second-order valence-corrected chi connectivity index (χ2v) is 5.92. The van der Waals surface area contributed by atoms with Gasteiger partial charge >= 0.3 is 0 Å². The zero-order valence-corrected chi connectivity index (χ0v) is 11.8. The fourth-order valence-corrected chi connectivity index (χ4v) is 3.77. The number of nitrogens with zero attached hydrogens (tertiary/aromatic N) is 1. The molecule has 19 heavy (non-hydrogen) atoms. The molecule has 2 atom stereocenters. The predicted octanol–water partition coefficient (Wildman–Crippen LogP) is 4.05. The van der Waals surface area contributed by atoms with Crippen LogP contribution in [0, 0.1) is 5.92 Å². The SMILES string of the molecule is CCC(=O)c1ccc(N2CCC3CCCCC32)cc1. The van der Waals surface area contributed by atoms with Crippen molar-refractivity contribution in [2.45, 2.75) is 51.5 Å². The summed E-state index contributed by atoms with van der Waals surface area (Å²) in [5, 5.41) is 0. The van der Waals surface area contributed by atoms with Crippen molar-refractivity contribution in [2.24, 2.45) is 5.92 Å². The van der Waals surface area contributed by atoms with Gasteiger partial charge in [-0.1, -0.05) is 19.8 Å². The number of Topliss-reactive ketones (excluding diaryl/α,β-unsaturated/α-hetero) is 1. The summed E-state index contributed by atoms with van der Waals surface area (Å²) in [7, 11) is 0. The largest absolute Gasteiger partial charge is 0.368 e. The van der Waals surface area contributed by atoms with Gasteiger partial charge in [0.25, 0.3) is 0 Å². The molecule has 102 valence electrons. The lowest BCUT2D eigenvalue weighted by Gasteiger charge is -2.33. The van der Waals surface area contributed by atoms with E-state index in [1.165, 1.54) is 44.3 Å². The van der Waals surface area contributed by atoms with E-state index in [-0.39, 0.29) is 5.78 Å². The fraction of sp³-hybridized carbons (Fsp3) is 0.588. The number of fused-ring (bicyclic) bond motifs is 1. The third-order valence-electron chi connectivity index (χ3n) is 4.85. The maximum absolute atomic E-state index is 11.7. The summed E-state index contributed by atoms with van der Waals surface area (Å²) in [6.45, 7) is 3.11. The first-order valence-electron chi connectivity index (χ1n) is 7.69. The number of benzene rings is 1. The average Bonchev–Trinajstić information content (AvgIpc) is 2.90. The van der Waals surface area contributed by atoms with Gasteiger partial charge in [-0.2, -0.15) is 0 Å². The Hall–Kier alpha value is -1.31. The van der Waals surface area contributed by atoms with E-state index in [1.54, 1.807) is 0 Å². The quantitative estimate of drug-likeness (QED) is 0.761. The number of anilines is 1. The van der Waals surface area contributed by atoms with E-state index in [4.69, 9.17) is 0 Å². The van der Waals surface area contributed by atoms with E-state index in [0.29, 0.717) is 6.42 Å². The molecule has 2 unspecified atom stereocenters. The number of hydrogen-bond donors (Lipinski definition) is 0. The predicted molar refractivity (Wildman–Crippen MR) is 78.8 cm³/mol. The molecule has 1 saturated heterocycles. The van der Waals surface area contributed by atoms with Crippen molar-refractivity contribution in [3.05, 3.63) is 29.8 Å². The van der Waals surface area contributed by atoms with E-state index in [2.05, 4.69) is 17.0 Å². The van der Waals surface area contributed by atoms with Crippen LogP contribution < -0.4 is 4.90 Å². The Bertz CT molecular complexity index is 451. The van der Waals surface area contributed by atoms with Crippen LogP contribution in [0.3, 0.4) is 0 Å². The fourth-order valence-electron chi connectivity index (χ4n) is 3.77. The highest BCUT2D eigenvalue weighted by molar-refractivity contribution is 5.96. The molecule has 0 bridgehead atoms. The standard InChI is InChI=1S/C17H23NO/c1-2-17(19)14-7-9-15(10-8-14)18-12-11-13-5-3-4-6-16(13)18/h7-10,13,16H,2-6,11-12H2,1H3. The molecule has 2 heteroatoms. The molecular formula is C17H23NO. The van der Waals surface area contributed by atoms with Crippen LogP contribution in [0.1, 0.15) is 55.8 Å². The minimum Gasteiger partial charge on any atom is -0.368 e. The van der Waals surface area contributed by atoms with Gasteiger partial charge in [0.1, 0.15) is 0 Å². The molecule has 1 heterocycles. The summed E-state index contributed by atoms with van der Waals surface area (Å²) < 4.78 is 0. The first-order valence-corrected chi connectivity index (χ1v) is 7.69. The lowest BCUT2D eigenvalue weighted by atomic mass is 9.85. The summed E-state index contributed by atoms with van der Waals surface area (Å²) in [5.41, 5.74) is 2.16. The van der Waals surface area contributed by atoms with E-state index in [9.17, 15) is 4.79 Å². The minimum atomic E-state index is 0.239. The number of hydrogen-bond acceptors (Lipinski definition) is 2. The maximum atomic E-state index is 11.7. The molecule has 2 aliphatic rings. The summed E-state index contributed by atoms with van der Waals surface area (Å²) >= 11 is 0. The van der Waals surface area contributed by atoms with Gasteiger partial charge in [0.2, 0.25) is 0 Å². The molecule has 2 fully saturated rings. The van der Waals surface area contributed by atoms with Crippen molar-refractivity contribution in [1.29, 1.82) is 0 Å². The molecule has 1 aliphatic heterocycles. The van der Waals surface area contributed by atoms with Crippen LogP contribution in [0.25, 0.3) is 0 Å². The third-order valence-corrected chi connectivity index (χ3v) is 4.85. The van der Waals surface area contributed by atoms with Crippen molar-refractivity contribution in [2.75, 3.05) is 11.4 Å². The molecule has 2 nitrogen and oxygen atoms in total. The van der Waals surface area contributed by atoms with E-state index < -0.39 is 0 Å². The first kappa shape index (κ1) is 12.7. The first-order chi connectivity index (χ1) is 9.29. The van der Waals surface area contributed by atoms with Crippen molar-refractivity contribution in [3.8, 4) is 0 Å². The smallest absolute Gasteiger partial charge is 0.162 e. The highest BCUT2D eigenvalue weighted by Gasteiger charge is 2.35. The zero-order valence-electron chi connectivity index (χ0n) is 11.8. The molecule has 1 aromatic carbocycles. The van der Waals surface area contributed by atoms with Crippen LogP contribution >= 0.6 is 0 Å². The van der Waals surface area contributed by atoms with Crippen LogP contribution in [-0.4, -0.2) is 18.4 Å². The lowest BCUT2D eigenvalue weighted by Crippen LogP contribution is -2.34. The molecule has 0 N–H and O–H groups in total. The van der Waals surface area contributed by atoms with Gasteiger partial charge in [0.05, 0.1) is 0 Å². The molecule has 0 radical (unpaired) electrons. The Morgan fingerprint density at radius 1 is 1.16 bits per heavy atom. The summed E-state index contributed by atoms with van der Waals surface area (Å²) in [6, 6.07) is 9.02. The number of carbonyl (C=O) groups excluding carboxylic acids is 1. The normalized spacial score (nSPS) is 26.3. The van der Waals surface area contributed by atoms with Gasteiger partial charge in [-0.25, -0.2) is 0 Å². The zero-order chi connectivity index (χ0) is 13.2. The number of carbonyl (C=O) groups is 1. The third kappa shape index (κ3) is 2.41. The Balaban J connectivity index is 1.77. The van der Waals surface area contributed by atoms with Gasteiger partial charge in [0.15, 0.2) is 5.78 Å². The van der Waals surface area contributed by atoms with Gasteiger partial charge in [-0.05, 0) is 49.4 Å². The van der Waals surface area contributed by atoms with E-state index in [0.717, 1.165) is 17.5 Å². The molecular weight excluding hydrogens is 234 g/mol. The van der Waals surface area contributed by atoms with Crippen LogP contribution in [0.5, 0.6) is 0 Å². The highest BCUT2D eigenvalue weighted by atomic mass is 16.1. The maximum Gasteiger partial charge on any atom is 0.162 e. The molecule has 1 aromatic rings. The molecule has 1 saturated carbocycles. The van der Waals surface area contributed by atoms with Crippen LogP contribution in [0.4, 0.5) is 5.69 Å². The van der Waals surface area contributed by atoms with Crippen LogP contribution in [0.2, 0.25) is 0 Å². The molecule has 3 rings (SSSR count). The van der Waals surface area contributed by atoms with Gasteiger partial charge in [0, 0.05) is 30.3 Å². The van der Waals surface area contributed by atoms with Crippen LogP contribution in [-0.2, 0) is 0 Å². The van der Waals surface area contributed by atoms with Gasteiger partial charge < -0.3 is 4.90 Å². The van der Waals surface area contributed by atoms with Crippen molar-refractivity contribution in [1.82, 2.24) is 0 Å². The Morgan fingerprint density at radius 3 is 2.63 bits per heavy atom. The average molecular weight is 257 g/mol. The minimum absolute atomic E-state index is 0.239. The summed E-state index contributed by atoms with van der Waals surface area (Å²) in [5.74, 6) is 1.15. The second-order valence-electron chi connectivity index (χ2n) is 5.92. The Morgan fingerprint density at radius 2 is 1.89 bits per heavy atom. The highest BCUT2D eigenvalue weighted by Crippen LogP contribution is 2.38. The molecule has 0 amide bonds. The second kappa shape index (κ2) is 5.36. The molecule has 0 spiro atoms. The van der Waals surface area contributed by atoms with Gasteiger partial charge in [-0.3, -0.25) is 4.79 Å². The monoisotopic (exact) mass is 257 g/mol. The topological polar surface area (TPSA) is 20.3 Å². The Kier molecular flexibility index (Phi) is 3.58. The number of ketones is 1. The lowest BCUT2D eigenvalue weighted by molar-refractivity contribution is 0.0988. The molecule has 0 aromatic heterocycles. The summed E-state index contributed by atoms with van der Waals surface area (Å²) in [4.78, 5) is 14.2. The van der Waals surface area contributed by atoms with E-state index >= 15 is 0 Å². The van der Waals surface area contributed by atoms with Crippen LogP contribution in [0.15, 0.2) is 24.3 Å². The Labute approximate surface area is 115 Å².